The Morgan fingerprint density at radius 3 is 1.22 bits per heavy atom. The van der Waals surface area contributed by atoms with E-state index in [0.717, 1.165) is 116 Å². The summed E-state index contributed by atoms with van der Waals surface area (Å²) in [5.41, 5.74) is 5.36. The van der Waals surface area contributed by atoms with Crippen molar-refractivity contribution in [3.8, 4) is 0 Å². The van der Waals surface area contributed by atoms with Crippen LogP contribution in [-0.4, -0.2) is 49.3 Å². The Balaban J connectivity index is 4.17. The summed E-state index contributed by atoms with van der Waals surface area (Å²) in [6, 6.07) is 0. The summed E-state index contributed by atoms with van der Waals surface area (Å²) in [4.78, 5) is 35.0. The van der Waals surface area contributed by atoms with Crippen LogP contribution in [0.2, 0.25) is 0 Å². The van der Waals surface area contributed by atoms with Crippen LogP contribution in [0.1, 0.15) is 181 Å². The second-order valence-corrected chi connectivity index (χ2v) is 17.0. The van der Waals surface area contributed by atoms with Crippen molar-refractivity contribution in [3.05, 3.63) is 109 Å². The third kappa shape index (κ3) is 48.0. The average Bonchev–Trinajstić information content (AvgIpc) is 3.27. The molecule has 2 atom stereocenters. The van der Waals surface area contributed by atoms with Gasteiger partial charge in [-0.1, -0.05) is 181 Å². The highest BCUT2D eigenvalue weighted by Crippen LogP contribution is 2.43. The fourth-order valence-corrected chi connectivity index (χ4v) is 6.89. The van der Waals surface area contributed by atoms with Gasteiger partial charge in [-0.05, 0) is 96.3 Å². The minimum atomic E-state index is -4.40. The van der Waals surface area contributed by atoms with Crippen LogP contribution in [0.3, 0.4) is 0 Å². The zero-order valence-electron chi connectivity index (χ0n) is 39.5. The maximum absolute atomic E-state index is 12.6. The second kappa shape index (κ2) is 48.1. The fraction of sp³-hybridized carbons (Fsp3) is 0.623. The number of nitrogens with two attached hydrogens (primary N) is 1. The van der Waals surface area contributed by atoms with Crippen molar-refractivity contribution in [2.45, 2.75) is 187 Å². The Labute approximate surface area is 384 Å². The molecule has 0 bridgehead atoms. The molecule has 0 spiro atoms. The third-order valence-electron chi connectivity index (χ3n) is 9.65. The number of allylic oxidation sites excluding steroid dienone is 18. The second-order valence-electron chi connectivity index (χ2n) is 15.6. The molecule has 0 heterocycles. The minimum Gasteiger partial charge on any atom is -0.462 e. The molecule has 0 amide bonds. The molecular formula is C53H88NO8P. The SMILES string of the molecule is CC/C=C\C/C=C\C/C=C\C/C=C\C/C=C\CCCCCCCC(=O)OC(COC(=O)CCCCCCCCCC/C=C\C/C=C\C/C=C\C/C=C\CC)COP(=O)(O)OCCN. The Hall–Kier alpha value is -3.33. The number of unbranched alkanes of at least 4 members (excludes halogenated alkanes) is 13. The number of ether oxygens (including phenoxy) is 2. The van der Waals surface area contributed by atoms with Crippen LogP contribution in [0, 0.1) is 0 Å². The lowest BCUT2D eigenvalue weighted by molar-refractivity contribution is -0.161. The minimum absolute atomic E-state index is 0.0422. The molecule has 0 aliphatic rings. The van der Waals surface area contributed by atoms with Crippen LogP contribution in [0.25, 0.3) is 0 Å². The van der Waals surface area contributed by atoms with Crippen LogP contribution >= 0.6 is 7.82 Å². The third-order valence-corrected chi connectivity index (χ3v) is 10.6. The summed E-state index contributed by atoms with van der Waals surface area (Å²) in [5, 5.41) is 0. The first kappa shape index (κ1) is 59.7. The molecular weight excluding hydrogens is 810 g/mol. The van der Waals surface area contributed by atoms with E-state index < -0.39 is 32.5 Å². The Morgan fingerprint density at radius 2 is 0.825 bits per heavy atom. The van der Waals surface area contributed by atoms with Gasteiger partial charge in [-0.25, -0.2) is 4.57 Å². The van der Waals surface area contributed by atoms with E-state index in [0.29, 0.717) is 12.8 Å². The zero-order valence-corrected chi connectivity index (χ0v) is 40.4. The van der Waals surface area contributed by atoms with E-state index in [4.69, 9.17) is 24.3 Å². The number of esters is 2. The van der Waals surface area contributed by atoms with E-state index >= 15 is 0 Å². The van der Waals surface area contributed by atoms with E-state index in [9.17, 15) is 19.0 Å². The fourth-order valence-electron chi connectivity index (χ4n) is 6.12. The highest BCUT2D eigenvalue weighted by molar-refractivity contribution is 7.47. The first-order valence-electron chi connectivity index (χ1n) is 24.4. The van der Waals surface area contributed by atoms with E-state index in [1.807, 2.05) is 0 Å². The topological polar surface area (TPSA) is 134 Å². The van der Waals surface area contributed by atoms with Crippen molar-refractivity contribution in [3.63, 3.8) is 0 Å². The monoisotopic (exact) mass is 898 g/mol. The van der Waals surface area contributed by atoms with Crippen LogP contribution in [0.5, 0.6) is 0 Å². The van der Waals surface area contributed by atoms with Gasteiger partial charge in [0.1, 0.15) is 6.61 Å². The zero-order chi connectivity index (χ0) is 46.0. The van der Waals surface area contributed by atoms with Gasteiger partial charge in [0.05, 0.1) is 13.2 Å². The quantitative estimate of drug-likeness (QED) is 0.0265. The Morgan fingerprint density at radius 1 is 0.476 bits per heavy atom. The number of carbonyl (C=O) groups excluding carboxylic acids is 2. The highest BCUT2D eigenvalue weighted by Gasteiger charge is 2.26. The molecule has 63 heavy (non-hydrogen) atoms. The Bertz CT molecular complexity index is 1390. The largest absolute Gasteiger partial charge is 0.472 e. The van der Waals surface area contributed by atoms with Crippen LogP contribution in [0.4, 0.5) is 0 Å². The summed E-state index contributed by atoms with van der Waals surface area (Å²) < 4.78 is 32.9. The first-order chi connectivity index (χ1) is 30.8. The van der Waals surface area contributed by atoms with E-state index in [1.165, 1.54) is 25.7 Å². The molecule has 9 nitrogen and oxygen atoms in total. The highest BCUT2D eigenvalue weighted by atomic mass is 31.2. The Kier molecular flexibility index (Phi) is 45.6. The molecule has 2 unspecified atom stereocenters. The van der Waals surface area contributed by atoms with Gasteiger partial charge in [-0.2, -0.15) is 0 Å². The van der Waals surface area contributed by atoms with E-state index in [2.05, 4.69) is 123 Å². The molecule has 0 aromatic heterocycles. The van der Waals surface area contributed by atoms with Gasteiger partial charge in [0, 0.05) is 19.4 Å². The van der Waals surface area contributed by atoms with E-state index in [-0.39, 0.29) is 32.6 Å². The average molecular weight is 898 g/mol. The summed E-state index contributed by atoms with van der Waals surface area (Å²) in [6.07, 6.45) is 64.0. The van der Waals surface area contributed by atoms with Gasteiger partial charge < -0.3 is 20.1 Å². The molecule has 358 valence electrons. The molecule has 0 aliphatic carbocycles. The molecule has 0 radical (unpaired) electrons. The van der Waals surface area contributed by atoms with Gasteiger partial charge >= 0.3 is 19.8 Å². The summed E-state index contributed by atoms with van der Waals surface area (Å²) in [5.74, 6) is -0.869. The van der Waals surface area contributed by atoms with Crippen molar-refractivity contribution < 1.29 is 37.6 Å². The molecule has 0 saturated heterocycles. The molecule has 10 heteroatoms. The normalized spacial score (nSPS) is 14.2. The van der Waals surface area contributed by atoms with Gasteiger partial charge in [-0.15, -0.1) is 0 Å². The van der Waals surface area contributed by atoms with Crippen LogP contribution in [0.15, 0.2) is 109 Å². The van der Waals surface area contributed by atoms with Crippen molar-refractivity contribution in [2.24, 2.45) is 5.73 Å². The van der Waals surface area contributed by atoms with Crippen molar-refractivity contribution in [1.29, 1.82) is 0 Å². The number of hydrogen-bond donors (Lipinski definition) is 2. The molecule has 0 saturated carbocycles. The lowest BCUT2D eigenvalue weighted by atomic mass is 10.1. The van der Waals surface area contributed by atoms with Crippen molar-refractivity contribution in [2.75, 3.05) is 26.4 Å². The van der Waals surface area contributed by atoms with Gasteiger partial charge in [0.15, 0.2) is 6.10 Å². The summed E-state index contributed by atoms with van der Waals surface area (Å²) >= 11 is 0. The van der Waals surface area contributed by atoms with E-state index in [1.54, 1.807) is 0 Å². The smallest absolute Gasteiger partial charge is 0.462 e. The van der Waals surface area contributed by atoms with Gasteiger partial charge in [-0.3, -0.25) is 18.6 Å². The van der Waals surface area contributed by atoms with Gasteiger partial charge in [0.25, 0.3) is 0 Å². The molecule has 0 rings (SSSR count). The lowest BCUT2D eigenvalue weighted by Crippen LogP contribution is -2.29. The number of phosphoric ester groups is 1. The predicted molar refractivity (Wildman–Crippen MR) is 265 cm³/mol. The maximum atomic E-state index is 12.6. The van der Waals surface area contributed by atoms with Crippen molar-refractivity contribution >= 4 is 19.8 Å². The van der Waals surface area contributed by atoms with Crippen LogP contribution in [-0.2, 0) is 32.7 Å². The maximum Gasteiger partial charge on any atom is 0.472 e. The van der Waals surface area contributed by atoms with Crippen LogP contribution < -0.4 is 5.73 Å². The first-order valence-corrected chi connectivity index (χ1v) is 25.9. The number of hydrogen-bond acceptors (Lipinski definition) is 8. The van der Waals surface area contributed by atoms with Gasteiger partial charge in [0.2, 0.25) is 0 Å². The molecule has 0 aliphatic heterocycles. The molecule has 0 aromatic carbocycles. The lowest BCUT2D eigenvalue weighted by Gasteiger charge is -2.19. The molecule has 0 fully saturated rings. The molecule has 0 aromatic rings. The standard InChI is InChI=1S/C53H88NO8P/c1-3-5-7-9-11-13-15-17-19-21-23-25-27-29-31-33-35-37-39-41-43-45-52(55)59-49-51(50-61-63(57,58)60-48-47-54)62-53(56)46-44-42-40-38-36-34-32-30-28-26-24-22-20-18-16-14-12-10-8-6-4-2/h5-8,11-14,17-20,23-26,30,32,51H,3-4,9-10,15-16,21-22,27-29,31,33-50,54H2,1-2H3,(H,57,58)/b7-5-,8-6-,13-11-,14-12-,19-17-,20-18-,25-23-,26-24-,32-30-. The number of carbonyl (C=O) groups is 2. The summed E-state index contributed by atoms with van der Waals surface area (Å²) in [6.45, 7) is 3.46. The summed E-state index contributed by atoms with van der Waals surface area (Å²) in [7, 11) is -4.40. The van der Waals surface area contributed by atoms with Crippen molar-refractivity contribution in [1.82, 2.24) is 0 Å². The predicted octanol–water partition coefficient (Wildman–Crippen LogP) is 14.7. The molecule has 3 N–H and O–H groups in total. The number of phosphoric acid groups is 1. The number of rotatable bonds is 44.